The second kappa shape index (κ2) is 17.8. The van der Waals surface area contributed by atoms with E-state index in [-0.39, 0.29) is 77.2 Å². The van der Waals surface area contributed by atoms with Gasteiger partial charge in [-0.2, -0.15) is 12.2 Å². The van der Waals surface area contributed by atoms with Gasteiger partial charge in [0.15, 0.2) is 0 Å². The van der Waals surface area contributed by atoms with Crippen LogP contribution in [0.15, 0.2) is 131 Å². The number of aliphatic imine (C=N–C) groups is 2. The van der Waals surface area contributed by atoms with Crippen LogP contribution in [-0.4, -0.2) is 11.4 Å². The molecule has 6 aliphatic rings. The van der Waals surface area contributed by atoms with Gasteiger partial charge in [0, 0.05) is 11.4 Å². The van der Waals surface area contributed by atoms with Crippen molar-refractivity contribution in [1.82, 2.24) is 0 Å². The van der Waals surface area contributed by atoms with Crippen LogP contribution in [0.2, 0.25) is 0 Å². The van der Waals surface area contributed by atoms with Gasteiger partial charge in [-0.1, -0.05) is 47.5 Å². The molecule has 220 valence electrons. The van der Waals surface area contributed by atoms with Crippen molar-refractivity contribution in [2.45, 2.75) is 12.8 Å². The number of benzene rings is 4. The number of para-hydroxylation sites is 2. The van der Waals surface area contributed by atoms with E-state index in [2.05, 4.69) is 107 Å². The maximum absolute atomic E-state index is 4.68. The van der Waals surface area contributed by atoms with E-state index < -0.39 is 0 Å². The molecule has 4 aromatic rings. The summed E-state index contributed by atoms with van der Waals surface area (Å²) in [4.78, 5) is 9.37. The summed E-state index contributed by atoms with van der Waals surface area (Å²) >= 11 is 0. The molecule has 0 saturated carbocycles. The van der Waals surface area contributed by atoms with Crippen molar-refractivity contribution in [1.29, 1.82) is 0 Å². The monoisotopic (exact) mass is 784 g/mol. The van der Waals surface area contributed by atoms with E-state index in [1.54, 1.807) is 0 Å². The van der Waals surface area contributed by atoms with Crippen molar-refractivity contribution in [2.75, 3.05) is 0 Å². The molecule has 0 amide bonds. The molecule has 46 heavy (non-hydrogen) atoms. The average Bonchev–Trinajstić information content (AvgIpc) is 3.88. The Hall–Kier alpha value is -2.99. The number of halogens is 2. The molecule has 0 spiro atoms. The van der Waals surface area contributed by atoms with Gasteiger partial charge in [0.25, 0.3) is 0 Å². The summed E-state index contributed by atoms with van der Waals surface area (Å²) in [5.74, 6) is 0. The minimum Gasteiger partial charge on any atom is -1.00 e. The number of fused-ring (bicyclic) bond motifs is 10. The molecule has 10 rings (SSSR count). The van der Waals surface area contributed by atoms with E-state index in [1.807, 2.05) is 60.7 Å². The van der Waals surface area contributed by atoms with E-state index in [4.69, 9.17) is 0 Å². The summed E-state index contributed by atoms with van der Waals surface area (Å²) in [6, 6.07) is 35.2. The minimum atomic E-state index is 0. The van der Waals surface area contributed by atoms with E-state index in [0.29, 0.717) is 0 Å². The fraction of sp³-hybridized carbons (Fsp3) is 0.0500. The van der Waals surface area contributed by atoms with E-state index >= 15 is 0 Å². The van der Waals surface area contributed by atoms with Crippen molar-refractivity contribution in [2.24, 2.45) is 9.98 Å². The molecule has 0 fully saturated rings. The van der Waals surface area contributed by atoms with Gasteiger partial charge < -0.3 is 24.8 Å². The van der Waals surface area contributed by atoms with Gasteiger partial charge in [0.2, 0.25) is 0 Å². The zero-order valence-corrected chi connectivity index (χ0v) is 31.2. The number of allylic oxidation sites excluding steroid dienone is 10. The summed E-state index contributed by atoms with van der Waals surface area (Å²) in [5, 5.41) is 0. The molecule has 0 bridgehead atoms. The van der Waals surface area contributed by atoms with Gasteiger partial charge >= 0.3 is 52.4 Å². The second-order valence-corrected chi connectivity index (χ2v) is 10.1. The third kappa shape index (κ3) is 7.92. The molecule has 0 unspecified atom stereocenters. The van der Waals surface area contributed by atoms with Crippen LogP contribution in [0.3, 0.4) is 0 Å². The predicted octanol–water partition coefficient (Wildman–Crippen LogP) is 3.56. The van der Waals surface area contributed by atoms with Crippen LogP contribution in [-0.2, 0) is 52.4 Å². The summed E-state index contributed by atoms with van der Waals surface area (Å²) in [5.41, 5.74) is 14.1. The molecular weight excluding hydrogens is 762 g/mol. The molecule has 0 atom stereocenters. The van der Waals surface area contributed by atoms with Crippen LogP contribution in [0.4, 0.5) is 11.4 Å². The first-order valence-electron chi connectivity index (χ1n) is 14.1. The molecule has 0 N–H and O–H groups in total. The van der Waals surface area contributed by atoms with Crippen LogP contribution >= 0.6 is 0 Å². The van der Waals surface area contributed by atoms with Gasteiger partial charge in [0.1, 0.15) is 0 Å². The Kier molecular flexibility index (Phi) is 14.5. The number of hydrogen-bond donors (Lipinski definition) is 0. The first-order valence-corrected chi connectivity index (χ1v) is 14.1. The first-order chi connectivity index (χ1) is 20.9. The standard InChI is InChI=1S/2C15H8N.2C5H5.2ClH.2Zr/c2*1-2-6-11-10(5-1)9-13-12-7-3-4-8-14(12)16-15(11)13;2*1-2-4-5-3-1;;;;/h2*1-4,6-9H;2*1-3H,4H2;2*1H;;/q4*-1;;;2*+2/p-2. The SMILES string of the molecule is [C-]1=CC=CC1.[C-]1=CC=CC1.[Cl-].[Cl-].[Zr+2].[Zr+2].[c-]1cccc2c1C=C1C2=Nc2ccccc21.[c-]1cccc2c1C=C1C2=Nc2ccccc21. The Morgan fingerprint density at radius 2 is 0.913 bits per heavy atom. The van der Waals surface area contributed by atoms with Crippen LogP contribution in [0.5, 0.6) is 0 Å². The Balaban J connectivity index is 0.000000181. The third-order valence-corrected chi connectivity index (χ3v) is 7.40. The smallest absolute Gasteiger partial charge is 1.00 e. The molecule has 0 radical (unpaired) electrons. The molecule has 2 nitrogen and oxygen atoms in total. The minimum absolute atomic E-state index is 0. The molecule has 0 aromatic heterocycles. The van der Waals surface area contributed by atoms with Crippen LogP contribution in [0.25, 0.3) is 23.3 Å². The van der Waals surface area contributed by atoms with Crippen LogP contribution in [0, 0.1) is 24.3 Å². The Morgan fingerprint density at radius 1 is 0.500 bits per heavy atom. The maximum atomic E-state index is 4.68. The molecule has 2 aliphatic heterocycles. The normalized spacial score (nSPS) is 14.3. The van der Waals surface area contributed by atoms with Crippen molar-refractivity contribution >= 4 is 46.1 Å². The van der Waals surface area contributed by atoms with Gasteiger partial charge in [-0.15, -0.1) is 84.7 Å². The van der Waals surface area contributed by atoms with Crippen LogP contribution < -0.4 is 24.8 Å². The predicted molar refractivity (Wildman–Crippen MR) is 175 cm³/mol. The zero-order valence-electron chi connectivity index (χ0n) is 24.8. The number of nitrogens with zero attached hydrogens (tertiary/aromatic N) is 2. The maximum Gasteiger partial charge on any atom is 2.00 e. The molecular formula is C40H26Cl2N2Zr2-2. The topological polar surface area (TPSA) is 24.7 Å². The first kappa shape index (κ1) is 37.5. The quantitative estimate of drug-likeness (QED) is 0.244. The second-order valence-electron chi connectivity index (χ2n) is 10.1. The summed E-state index contributed by atoms with van der Waals surface area (Å²) in [6.07, 6.45) is 24.4. The Labute approximate surface area is 322 Å². The van der Waals surface area contributed by atoms with E-state index in [0.717, 1.165) is 46.8 Å². The number of rotatable bonds is 0. The van der Waals surface area contributed by atoms with Gasteiger partial charge in [-0.05, 0) is 34.4 Å². The van der Waals surface area contributed by atoms with Crippen LogP contribution in [0.1, 0.15) is 46.2 Å². The molecule has 4 aliphatic carbocycles. The van der Waals surface area contributed by atoms with Crippen molar-refractivity contribution < 1.29 is 77.2 Å². The summed E-state index contributed by atoms with van der Waals surface area (Å²) in [7, 11) is 0. The third-order valence-electron chi connectivity index (χ3n) is 7.40. The fourth-order valence-corrected chi connectivity index (χ4v) is 5.44. The van der Waals surface area contributed by atoms with Gasteiger partial charge in [-0.25, -0.2) is 24.3 Å². The fourth-order valence-electron chi connectivity index (χ4n) is 5.44. The van der Waals surface area contributed by atoms with E-state index in [9.17, 15) is 0 Å². The van der Waals surface area contributed by atoms with Crippen molar-refractivity contribution in [3.63, 3.8) is 0 Å². The molecule has 2 heterocycles. The average molecular weight is 788 g/mol. The van der Waals surface area contributed by atoms with Gasteiger partial charge in [-0.3, -0.25) is 22.1 Å². The van der Waals surface area contributed by atoms with E-state index in [1.165, 1.54) is 33.4 Å². The molecule has 4 aromatic carbocycles. The van der Waals surface area contributed by atoms with Gasteiger partial charge in [0.05, 0.1) is 11.4 Å². The molecule has 6 heteroatoms. The van der Waals surface area contributed by atoms with Crippen molar-refractivity contribution in [3.05, 3.63) is 179 Å². The van der Waals surface area contributed by atoms with Crippen molar-refractivity contribution in [3.8, 4) is 0 Å². The Morgan fingerprint density at radius 3 is 1.28 bits per heavy atom. The largest absolute Gasteiger partial charge is 2.00 e. The molecule has 0 saturated heterocycles. The summed E-state index contributed by atoms with van der Waals surface area (Å²) < 4.78 is 0. The Bertz CT molecular complexity index is 1660. The summed E-state index contributed by atoms with van der Waals surface area (Å²) in [6.45, 7) is 0. The number of hydrogen-bond acceptors (Lipinski definition) is 2. The zero-order chi connectivity index (χ0) is 28.1.